The third-order valence-electron chi connectivity index (χ3n) is 5.12. The van der Waals surface area contributed by atoms with E-state index in [-0.39, 0.29) is 11.3 Å². The summed E-state index contributed by atoms with van der Waals surface area (Å²) in [6.45, 7) is 1.93. The Morgan fingerprint density at radius 2 is 1.77 bits per heavy atom. The Morgan fingerprint density at radius 3 is 2.39 bits per heavy atom. The first-order valence-corrected chi connectivity index (χ1v) is 10.3. The fraction of sp³-hybridized carbons (Fsp3) is 0.174. The molecule has 4 rings (SSSR count). The minimum Gasteiger partial charge on any atom is -0.507 e. The van der Waals surface area contributed by atoms with E-state index in [4.69, 9.17) is 9.47 Å². The van der Waals surface area contributed by atoms with Crippen LogP contribution in [0.1, 0.15) is 22.7 Å². The number of rotatable bonds is 5. The molecule has 1 fully saturated rings. The first-order chi connectivity index (χ1) is 15.0. The molecule has 3 aromatic rings. The van der Waals surface area contributed by atoms with Crippen molar-refractivity contribution in [3.63, 3.8) is 0 Å². The summed E-state index contributed by atoms with van der Waals surface area (Å²) in [4.78, 5) is 31.6. The predicted molar refractivity (Wildman–Crippen MR) is 118 cm³/mol. The van der Waals surface area contributed by atoms with Gasteiger partial charge in [0.25, 0.3) is 5.78 Å². The van der Waals surface area contributed by atoms with Crippen molar-refractivity contribution in [1.29, 1.82) is 0 Å². The summed E-state index contributed by atoms with van der Waals surface area (Å²) in [5.41, 5.74) is 2.04. The Balaban J connectivity index is 1.94. The maximum absolute atomic E-state index is 13.1. The molecule has 31 heavy (non-hydrogen) atoms. The summed E-state index contributed by atoms with van der Waals surface area (Å²) in [6, 6.07) is 11.4. The molecule has 2 heterocycles. The normalized spacial score (nSPS) is 17.8. The van der Waals surface area contributed by atoms with E-state index in [9.17, 15) is 14.7 Å². The van der Waals surface area contributed by atoms with E-state index >= 15 is 0 Å². The molecule has 1 aromatic heterocycles. The summed E-state index contributed by atoms with van der Waals surface area (Å²) < 4.78 is 10.7. The van der Waals surface area contributed by atoms with E-state index in [1.807, 2.05) is 19.1 Å². The molecule has 1 amide bonds. The van der Waals surface area contributed by atoms with Crippen molar-refractivity contribution in [2.24, 2.45) is 0 Å². The summed E-state index contributed by atoms with van der Waals surface area (Å²) in [5, 5.41) is 13.2. The lowest BCUT2D eigenvalue weighted by Crippen LogP contribution is -2.29. The highest BCUT2D eigenvalue weighted by Gasteiger charge is 2.48. The standard InChI is InChI=1S/C23H20N2O5S/c1-13-4-6-14(7-5-13)20(26)18-19(15-8-9-16(29-2)17(12-15)30-3)25(22(28)21(18)27)23-24-10-11-31-23/h4-12,19,26H,1-3H3. The molecule has 1 N–H and O–H groups in total. The first kappa shape index (κ1) is 20.6. The summed E-state index contributed by atoms with van der Waals surface area (Å²) >= 11 is 1.24. The van der Waals surface area contributed by atoms with Gasteiger partial charge in [-0.2, -0.15) is 0 Å². The van der Waals surface area contributed by atoms with Crippen LogP contribution in [0.25, 0.3) is 5.76 Å². The Labute approximate surface area is 183 Å². The smallest absolute Gasteiger partial charge is 0.301 e. The number of methoxy groups -OCH3 is 2. The van der Waals surface area contributed by atoms with Crippen molar-refractivity contribution in [3.8, 4) is 11.5 Å². The number of benzene rings is 2. The van der Waals surface area contributed by atoms with Gasteiger partial charge in [0.05, 0.1) is 25.8 Å². The molecule has 2 aromatic carbocycles. The van der Waals surface area contributed by atoms with Gasteiger partial charge in [-0.15, -0.1) is 11.3 Å². The van der Waals surface area contributed by atoms with Crippen LogP contribution in [0.2, 0.25) is 0 Å². The van der Waals surface area contributed by atoms with Crippen LogP contribution in [0.15, 0.2) is 59.6 Å². The Kier molecular flexibility index (Phi) is 5.48. The number of amides is 1. The van der Waals surface area contributed by atoms with E-state index in [2.05, 4.69) is 4.98 Å². The van der Waals surface area contributed by atoms with Crippen LogP contribution in [0.4, 0.5) is 5.13 Å². The van der Waals surface area contributed by atoms with Gasteiger partial charge in [0.15, 0.2) is 16.6 Å². The second-order valence-corrected chi connectivity index (χ2v) is 7.84. The molecule has 1 aliphatic rings. The second-order valence-electron chi connectivity index (χ2n) is 6.96. The van der Waals surface area contributed by atoms with Gasteiger partial charge in [-0.05, 0) is 24.6 Å². The topological polar surface area (TPSA) is 89.0 Å². The average molecular weight is 436 g/mol. The lowest BCUT2D eigenvalue weighted by molar-refractivity contribution is -0.132. The molecule has 0 bridgehead atoms. The van der Waals surface area contributed by atoms with Gasteiger partial charge in [-0.3, -0.25) is 14.5 Å². The molecular formula is C23H20N2O5S. The van der Waals surface area contributed by atoms with Gasteiger partial charge >= 0.3 is 5.91 Å². The van der Waals surface area contributed by atoms with Gasteiger partial charge in [-0.1, -0.05) is 35.9 Å². The van der Waals surface area contributed by atoms with Crippen molar-refractivity contribution in [2.45, 2.75) is 13.0 Å². The van der Waals surface area contributed by atoms with Gasteiger partial charge in [0, 0.05) is 17.1 Å². The zero-order valence-corrected chi connectivity index (χ0v) is 18.0. The Bertz CT molecular complexity index is 1170. The number of carbonyl (C=O) groups is 2. The number of hydrogen-bond acceptors (Lipinski definition) is 7. The molecule has 1 atom stereocenters. The van der Waals surface area contributed by atoms with Gasteiger partial charge in [0.2, 0.25) is 0 Å². The second kappa shape index (κ2) is 8.23. The van der Waals surface area contributed by atoms with Gasteiger partial charge in [-0.25, -0.2) is 4.98 Å². The molecule has 0 radical (unpaired) electrons. The SMILES string of the molecule is COc1ccc(C2C(=C(O)c3ccc(C)cc3)C(=O)C(=O)N2c2nccs2)cc1OC. The van der Waals surface area contributed by atoms with E-state index in [0.29, 0.717) is 27.8 Å². The number of ether oxygens (including phenoxy) is 2. The van der Waals surface area contributed by atoms with Crippen molar-refractivity contribution >= 4 is 33.9 Å². The molecule has 158 valence electrons. The molecule has 0 spiro atoms. The first-order valence-electron chi connectivity index (χ1n) is 9.45. The minimum atomic E-state index is -0.868. The highest BCUT2D eigenvalue weighted by Crippen LogP contribution is 2.44. The summed E-state index contributed by atoms with van der Waals surface area (Å²) in [6.07, 6.45) is 1.56. The predicted octanol–water partition coefficient (Wildman–Crippen LogP) is 4.10. The molecule has 1 saturated heterocycles. The molecule has 7 nitrogen and oxygen atoms in total. The zero-order valence-electron chi connectivity index (χ0n) is 17.2. The highest BCUT2D eigenvalue weighted by atomic mass is 32.1. The van der Waals surface area contributed by atoms with Crippen molar-refractivity contribution < 1.29 is 24.2 Å². The van der Waals surface area contributed by atoms with E-state index in [1.54, 1.807) is 41.9 Å². The third-order valence-corrected chi connectivity index (χ3v) is 5.89. The molecule has 0 saturated carbocycles. The largest absolute Gasteiger partial charge is 0.507 e. The number of aliphatic hydroxyl groups is 1. The molecule has 8 heteroatoms. The number of aliphatic hydroxyl groups excluding tert-OH is 1. The van der Waals surface area contributed by atoms with E-state index in [0.717, 1.165) is 5.56 Å². The van der Waals surface area contributed by atoms with Crippen LogP contribution in [-0.4, -0.2) is 36.0 Å². The lowest BCUT2D eigenvalue weighted by atomic mass is 9.95. The average Bonchev–Trinajstić information content (AvgIpc) is 3.40. The lowest BCUT2D eigenvalue weighted by Gasteiger charge is -2.23. The van der Waals surface area contributed by atoms with Crippen LogP contribution >= 0.6 is 11.3 Å². The number of carbonyl (C=O) groups excluding carboxylic acids is 2. The number of Topliss-reactive ketones (excluding diaryl/α,β-unsaturated/α-hetero) is 1. The van der Waals surface area contributed by atoms with E-state index < -0.39 is 17.7 Å². The van der Waals surface area contributed by atoms with Crippen molar-refractivity contribution in [3.05, 3.63) is 76.3 Å². The molecule has 0 aliphatic carbocycles. The molecule has 1 unspecified atom stereocenters. The van der Waals surface area contributed by atoms with Gasteiger partial charge < -0.3 is 14.6 Å². The maximum Gasteiger partial charge on any atom is 0.301 e. The van der Waals surface area contributed by atoms with Crippen LogP contribution in [0, 0.1) is 6.92 Å². The van der Waals surface area contributed by atoms with Crippen LogP contribution in [-0.2, 0) is 9.59 Å². The molecule has 1 aliphatic heterocycles. The van der Waals surface area contributed by atoms with Crippen molar-refractivity contribution in [2.75, 3.05) is 19.1 Å². The summed E-state index contributed by atoms with van der Waals surface area (Å²) in [5.74, 6) is -0.801. The number of thiazole rings is 1. The Hall–Kier alpha value is -3.65. The zero-order chi connectivity index (χ0) is 22.1. The number of hydrogen-bond donors (Lipinski definition) is 1. The van der Waals surface area contributed by atoms with Crippen LogP contribution in [0.5, 0.6) is 11.5 Å². The fourth-order valence-corrected chi connectivity index (χ4v) is 4.24. The van der Waals surface area contributed by atoms with E-state index in [1.165, 1.54) is 30.5 Å². The highest BCUT2D eigenvalue weighted by molar-refractivity contribution is 7.14. The van der Waals surface area contributed by atoms with Crippen LogP contribution in [0.3, 0.4) is 0 Å². The number of aromatic nitrogens is 1. The maximum atomic E-state index is 13.1. The number of ketones is 1. The minimum absolute atomic E-state index is 0.00345. The van der Waals surface area contributed by atoms with Crippen LogP contribution < -0.4 is 14.4 Å². The summed E-state index contributed by atoms with van der Waals surface area (Å²) in [7, 11) is 3.03. The number of anilines is 1. The fourth-order valence-electron chi connectivity index (χ4n) is 3.57. The Morgan fingerprint density at radius 1 is 1.06 bits per heavy atom. The number of nitrogens with zero attached hydrogens (tertiary/aromatic N) is 2. The van der Waals surface area contributed by atoms with Gasteiger partial charge in [0.1, 0.15) is 5.76 Å². The van der Waals surface area contributed by atoms with Crippen molar-refractivity contribution in [1.82, 2.24) is 4.98 Å². The monoisotopic (exact) mass is 436 g/mol. The quantitative estimate of drug-likeness (QED) is 0.368. The number of aryl methyl sites for hydroxylation is 1. The molecular weight excluding hydrogens is 416 g/mol. The third kappa shape index (κ3) is 3.55.